The van der Waals surface area contributed by atoms with E-state index in [1.807, 2.05) is 30.5 Å². The number of nitrogens with one attached hydrogen (secondary N) is 2. The number of benzene rings is 2. The van der Waals surface area contributed by atoms with Crippen LogP contribution in [0.2, 0.25) is 0 Å². The van der Waals surface area contributed by atoms with Crippen molar-refractivity contribution in [2.24, 2.45) is 0 Å². The first-order valence-corrected chi connectivity index (χ1v) is 9.96. The zero-order valence-electron chi connectivity index (χ0n) is 15.9. The number of rotatable bonds is 7. The quantitative estimate of drug-likeness (QED) is 0.606. The normalized spacial score (nSPS) is 10.4. The third-order valence-electron chi connectivity index (χ3n) is 4.08. The molecule has 2 N–H and O–H groups in total. The van der Waals surface area contributed by atoms with E-state index in [1.54, 1.807) is 29.2 Å². The van der Waals surface area contributed by atoms with E-state index < -0.39 is 0 Å². The van der Waals surface area contributed by atoms with Crippen molar-refractivity contribution < 1.29 is 14.0 Å². The van der Waals surface area contributed by atoms with Gasteiger partial charge in [0.2, 0.25) is 5.91 Å². The molecule has 0 bridgehead atoms. The van der Waals surface area contributed by atoms with Crippen molar-refractivity contribution in [2.75, 3.05) is 16.8 Å². The average Bonchev–Trinajstić information content (AvgIpc) is 3.12. The highest BCUT2D eigenvalue weighted by molar-refractivity contribution is 7.09. The van der Waals surface area contributed by atoms with Crippen LogP contribution in [0.15, 0.2) is 60.0 Å². The summed E-state index contributed by atoms with van der Waals surface area (Å²) in [5.41, 5.74) is 2.01. The predicted molar refractivity (Wildman–Crippen MR) is 113 cm³/mol. The van der Waals surface area contributed by atoms with Crippen LogP contribution in [0.5, 0.6) is 0 Å². The van der Waals surface area contributed by atoms with E-state index in [9.17, 15) is 14.0 Å². The molecule has 0 fully saturated rings. The molecule has 3 aromatic rings. The second-order valence-corrected chi connectivity index (χ2v) is 7.37. The van der Waals surface area contributed by atoms with Gasteiger partial charge in [-0.2, -0.15) is 0 Å². The lowest BCUT2D eigenvalue weighted by Crippen LogP contribution is -2.35. The molecule has 3 rings (SSSR count). The Bertz CT molecular complexity index is 960. The Morgan fingerprint density at radius 1 is 1.10 bits per heavy atom. The summed E-state index contributed by atoms with van der Waals surface area (Å²) in [4.78, 5) is 30.7. The predicted octanol–water partition coefficient (Wildman–Crippen LogP) is 4.34. The first-order valence-electron chi connectivity index (χ1n) is 9.08. The Hall–Kier alpha value is -3.26. The summed E-state index contributed by atoms with van der Waals surface area (Å²) in [6.45, 7) is 2.35. The van der Waals surface area contributed by atoms with Crippen molar-refractivity contribution in [3.05, 3.63) is 76.5 Å². The SMILES string of the molecule is Cc1nc(CN(C(=O)CCNC(=O)Nc2ccccc2)c2ccc(F)cc2)cs1. The van der Waals surface area contributed by atoms with Crippen molar-refractivity contribution >= 4 is 34.6 Å². The van der Waals surface area contributed by atoms with E-state index in [-0.39, 0.29) is 37.3 Å². The maximum Gasteiger partial charge on any atom is 0.319 e. The molecule has 0 aliphatic carbocycles. The lowest BCUT2D eigenvalue weighted by atomic mass is 10.2. The van der Waals surface area contributed by atoms with E-state index >= 15 is 0 Å². The monoisotopic (exact) mass is 412 g/mol. The number of aryl methyl sites for hydroxylation is 1. The van der Waals surface area contributed by atoms with Gasteiger partial charge in [0.1, 0.15) is 5.82 Å². The lowest BCUT2D eigenvalue weighted by molar-refractivity contribution is -0.118. The number of urea groups is 1. The maximum absolute atomic E-state index is 13.3. The van der Waals surface area contributed by atoms with Crippen LogP contribution in [0.1, 0.15) is 17.1 Å². The van der Waals surface area contributed by atoms with Crippen LogP contribution in [0, 0.1) is 12.7 Å². The zero-order valence-corrected chi connectivity index (χ0v) is 16.7. The molecule has 0 spiro atoms. The maximum atomic E-state index is 13.3. The number of carbonyl (C=O) groups excluding carboxylic acids is 2. The molecule has 29 heavy (non-hydrogen) atoms. The van der Waals surface area contributed by atoms with E-state index in [2.05, 4.69) is 15.6 Å². The van der Waals surface area contributed by atoms with Gasteiger partial charge in [0.15, 0.2) is 0 Å². The first-order chi connectivity index (χ1) is 14.0. The van der Waals surface area contributed by atoms with Gasteiger partial charge in [-0.25, -0.2) is 14.2 Å². The van der Waals surface area contributed by atoms with Gasteiger partial charge in [-0.1, -0.05) is 18.2 Å². The second kappa shape index (κ2) is 9.79. The van der Waals surface area contributed by atoms with Gasteiger partial charge in [0.05, 0.1) is 17.2 Å². The van der Waals surface area contributed by atoms with Crippen molar-refractivity contribution in [3.63, 3.8) is 0 Å². The number of hydrogen-bond donors (Lipinski definition) is 2. The Morgan fingerprint density at radius 3 is 2.48 bits per heavy atom. The molecule has 150 valence electrons. The van der Waals surface area contributed by atoms with Gasteiger partial charge in [0.25, 0.3) is 0 Å². The molecule has 1 heterocycles. The molecule has 0 unspecified atom stereocenters. The molecule has 0 radical (unpaired) electrons. The summed E-state index contributed by atoms with van der Waals surface area (Å²) in [6, 6.07) is 14.4. The number of para-hydroxylation sites is 1. The molecule has 3 amide bonds. The second-order valence-electron chi connectivity index (χ2n) is 6.31. The Labute approximate surface area is 172 Å². The number of hydrogen-bond acceptors (Lipinski definition) is 4. The number of aromatic nitrogens is 1. The van der Waals surface area contributed by atoms with Gasteiger partial charge in [0, 0.05) is 29.7 Å². The van der Waals surface area contributed by atoms with Crippen LogP contribution >= 0.6 is 11.3 Å². The first kappa shape index (κ1) is 20.5. The van der Waals surface area contributed by atoms with Crippen LogP contribution in [-0.2, 0) is 11.3 Å². The van der Waals surface area contributed by atoms with E-state index in [0.29, 0.717) is 11.4 Å². The highest BCUT2D eigenvalue weighted by Crippen LogP contribution is 2.20. The summed E-state index contributed by atoms with van der Waals surface area (Å²) in [6.07, 6.45) is 0.0999. The van der Waals surface area contributed by atoms with Gasteiger partial charge >= 0.3 is 6.03 Å². The van der Waals surface area contributed by atoms with E-state index in [1.165, 1.54) is 23.5 Å². The number of amides is 3. The van der Waals surface area contributed by atoms with Gasteiger partial charge < -0.3 is 15.5 Å². The Kier molecular flexibility index (Phi) is 6.91. The lowest BCUT2D eigenvalue weighted by Gasteiger charge is -2.22. The summed E-state index contributed by atoms with van der Waals surface area (Å²) in [7, 11) is 0. The Balaban J connectivity index is 1.60. The topological polar surface area (TPSA) is 74.3 Å². The molecule has 0 atom stereocenters. The summed E-state index contributed by atoms with van der Waals surface area (Å²) < 4.78 is 13.3. The molecule has 2 aromatic carbocycles. The number of nitrogens with zero attached hydrogens (tertiary/aromatic N) is 2. The largest absolute Gasteiger partial charge is 0.337 e. The molecule has 0 saturated carbocycles. The van der Waals surface area contributed by atoms with Crippen LogP contribution in [0.4, 0.5) is 20.6 Å². The van der Waals surface area contributed by atoms with E-state index in [0.717, 1.165) is 10.7 Å². The van der Waals surface area contributed by atoms with Crippen molar-refractivity contribution in [1.29, 1.82) is 0 Å². The molecule has 0 aliphatic heterocycles. The summed E-state index contributed by atoms with van der Waals surface area (Å²) in [5, 5.41) is 8.18. The average molecular weight is 412 g/mol. The fourth-order valence-electron chi connectivity index (χ4n) is 2.70. The minimum atomic E-state index is -0.382. The fourth-order valence-corrected chi connectivity index (χ4v) is 3.31. The Morgan fingerprint density at radius 2 is 1.83 bits per heavy atom. The number of anilines is 2. The van der Waals surface area contributed by atoms with Crippen LogP contribution in [0.3, 0.4) is 0 Å². The van der Waals surface area contributed by atoms with Crippen LogP contribution in [-0.4, -0.2) is 23.5 Å². The summed E-state index contributed by atoms with van der Waals surface area (Å²) >= 11 is 1.50. The minimum Gasteiger partial charge on any atom is -0.337 e. The van der Waals surface area contributed by atoms with Gasteiger partial charge in [-0.15, -0.1) is 11.3 Å². The minimum absolute atomic E-state index is 0.0999. The van der Waals surface area contributed by atoms with E-state index in [4.69, 9.17) is 0 Å². The van der Waals surface area contributed by atoms with Crippen molar-refractivity contribution in [3.8, 4) is 0 Å². The summed E-state index contributed by atoms with van der Waals surface area (Å²) in [5.74, 6) is -0.563. The third-order valence-corrected chi connectivity index (χ3v) is 4.90. The fraction of sp³-hybridized carbons (Fsp3) is 0.190. The van der Waals surface area contributed by atoms with Crippen LogP contribution in [0.25, 0.3) is 0 Å². The third kappa shape index (κ3) is 6.11. The number of halogens is 1. The van der Waals surface area contributed by atoms with Crippen molar-refractivity contribution in [2.45, 2.75) is 19.9 Å². The van der Waals surface area contributed by atoms with Crippen molar-refractivity contribution in [1.82, 2.24) is 10.3 Å². The zero-order chi connectivity index (χ0) is 20.6. The standard InChI is InChI=1S/C21H21FN4O2S/c1-15-24-18(14-29-15)13-26(19-9-7-16(22)8-10-19)20(27)11-12-23-21(28)25-17-5-3-2-4-6-17/h2-10,14H,11-13H2,1H3,(H2,23,25,28). The smallest absolute Gasteiger partial charge is 0.319 e. The molecular formula is C21H21FN4O2S. The molecule has 6 nitrogen and oxygen atoms in total. The molecule has 1 aromatic heterocycles. The molecular weight excluding hydrogens is 391 g/mol. The van der Waals surface area contributed by atoms with Gasteiger partial charge in [-0.3, -0.25) is 4.79 Å². The van der Waals surface area contributed by atoms with Gasteiger partial charge in [-0.05, 0) is 43.3 Å². The molecule has 0 saturated heterocycles. The number of thiazole rings is 1. The molecule has 0 aliphatic rings. The highest BCUT2D eigenvalue weighted by Gasteiger charge is 2.18. The van der Waals surface area contributed by atoms with Crippen LogP contribution < -0.4 is 15.5 Å². The molecule has 8 heteroatoms. The number of carbonyl (C=O) groups is 2. The highest BCUT2D eigenvalue weighted by atomic mass is 32.1.